The molecular weight excluding hydrogens is 456 g/mol. The summed E-state index contributed by atoms with van der Waals surface area (Å²) >= 11 is 0. The average Bonchev–Trinajstić information content (AvgIpc) is 3.16. The van der Waals surface area contributed by atoms with Crippen molar-refractivity contribution in [1.82, 2.24) is 0 Å². The van der Waals surface area contributed by atoms with Crippen LogP contribution >= 0.6 is 0 Å². The predicted molar refractivity (Wildman–Crippen MR) is 136 cm³/mol. The first kappa shape index (κ1) is 26.2. The van der Waals surface area contributed by atoms with Gasteiger partial charge in [-0.1, -0.05) is 46.3 Å². The summed E-state index contributed by atoms with van der Waals surface area (Å²) in [5.41, 5.74) is -2.08. The second kappa shape index (κ2) is 7.81. The second-order valence-corrected chi connectivity index (χ2v) is 14.4. The largest absolute Gasteiger partial charge is 0.481 e. The molecule has 0 aromatic carbocycles. The molecular formula is C30H46O6. The molecule has 0 aliphatic heterocycles. The van der Waals surface area contributed by atoms with Crippen molar-refractivity contribution in [2.24, 2.45) is 56.7 Å². The highest BCUT2D eigenvalue weighted by molar-refractivity contribution is 5.84. The summed E-state index contributed by atoms with van der Waals surface area (Å²) in [7, 11) is 0. The zero-order valence-corrected chi connectivity index (χ0v) is 22.9. The molecule has 0 aromatic rings. The topological polar surface area (TPSA) is 115 Å². The Labute approximate surface area is 215 Å². The van der Waals surface area contributed by atoms with E-state index in [0.717, 1.165) is 31.3 Å². The highest BCUT2D eigenvalue weighted by Crippen LogP contribution is 2.76. The number of aliphatic hydroxyl groups is 2. The lowest BCUT2D eigenvalue weighted by Crippen LogP contribution is -2.68. The van der Waals surface area contributed by atoms with Crippen LogP contribution in [0.3, 0.4) is 0 Å². The summed E-state index contributed by atoms with van der Waals surface area (Å²) < 4.78 is 0. The minimum atomic E-state index is -1.72. The third kappa shape index (κ3) is 2.81. The molecule has 0 unspecified atom stereocenters. The van der Waals surface area contributed by atoms with Crippen molar-refractivity contribution in [3.05, 3.63) is 11.6 Å². The first-order chi connectivity index (χ1) is 16.6. The maximum atomic E-state index is 13.2. The van der Waals surface area contributed by atoms with Crippen LogP contribution in [0.4, 0.5) is 0 Å². The van der Waals surface area contributed by atoms with Crippen LogP contribution in [0.1, 0.15) is 92.9 Å². The molecule has 6 heteroatoms. The van der Waals surface area contributed by atoms with E-state index in [9.17, 15) is 30.0 Å². The Balaban J connectivity index is 1.64. The van der Waals surface area contributed by atoms with E-state index in [1.54, 1.807) is 0 Å². The van der Waals surface area contributed by atoms with Gasteiger partial charge in [0.05, 0.1) is 23.0 Å². The third-order valence-electron chi connectivity index (χ3n) is 13.3. The molecule has 5 aliphatic carbocycles. The summed E-state index contributed by atoms with van der Waals surface area (Å²) in [6.07, 6.45) is 5.79. The number of carbonyl (C=O) groups is 2. The zero-order chi connectivity index (χ0) is 26.6. The lowest BCUT2D eigenvalue weighted by Gasteiger charge is -2.68. The minimum absolute atomic E-state index is 0.0479. The summed E-state index contributed by atoms with van der Waals surface area (Å²) in [6, 6.07) is 0. The van der Waals surface area contributed by atoms with Gasteiger partial charge in [0.2, 0.25) is 0 Å². The maximum absolute atomic E-state index is 13.2. The Bertz CT molecular complexity index is 1000. The molecule has 4 N–H and O–H groups in total. The smallest absolute Gasteiger partial charge is 0.314 e. The molecule has 0 bridgehead atoms. The first-order valence-corrected chi connectivity index (χ1v) is 14.2. The van der Waals surface area contributed by atoms with Gasteiger partial charge in [-0.3, -0.25) is 9.59 Å². The zero-order valence-electron chi connectivity index (χ0n) is 22.9. The van der Waals surface area contributed by atoms with Gasteiger partial charge in [-0.15, -0.1) is 0 Å². The molecule has 0 radical (unpaired) electrons. The van der Waals surface area contributed by atoms with Crippen molar-refractivity contribution >= 4 is 11.9 Å². The predicted octanol–water partition coefficient (Wildman–Crippen LogP) is 5.13. The molecule has 0 saturated heterocycles. The quantitative estimate of drug-likeness (QED) is 0.398. The van der Waals surface area contributed by atoms with Crippen LogP contribution < -0.4 is 0 Å². The number of hydrogen-bond acceptors (Lipinski definition) is 4. The van der Waals surface area contributed by atoms with Gasteiger partial charge in [0, 0.05) is 0 Å². The molecule has 6 nitrogen and oxygen atoms in total. The Morgan fingerprint density at radius 2 is 1.53 bits per heavy atom. The lowest BCUT2D eigenvalue weighted by molar-refractivity contribution is -0.214. The number of aliphatic carboxylic acids is 2. The first-order valence-electron chi connectivity index (χ1n) is 14.2. The molecule has 4 fully saturated rings. The summed E-state index contributed by atoms with van der Waals surface area (Å²) in [5.74, 6) is -1.05. The lowest BCUT2D eigenvalue weighted by atomic mass is 9.35. The van der Waals surface area contributed by atoms with Gasteiger partial charge in [-0.2, -0.15) is 0 Å². The van der Waals surface area contributed by atoms with E-state index >= 15 is 0 Å². The molecule has 0 amide bonds. The summed E-state index contributed by atoms with van der Waals surface area (Å²) in [6.45, 7) is 13.5. The normalized spacial score (nSPS) is 54.1. The van der Waals surface area contributed by atoms with Gasteiger partial charge >= 0.3 is 11.9 Å². The van der Waals surface area contributed by atoms with E-state index < -0.39 is 40.9 Å². The van der Waals surface area contributed by atoms with Crippen LogP contribution in [-0.2, 0) is 9.59 Å². The van der Waals surface area contributed by atoms with Crippen molar-refractivity contribution in [2.75, 3.05) is 0 Å². The Hall–Kier alpha value is -1.40. The summed E-state index contributed by atoms with van der Waals surface area (Å²) in [4.78, 5) is 25.7. The van der Waals surface area contributed by atoms with E-state index in [1.807, 2.05) is 0 Å². The molecule has 202 valence electrons. The number of allylic oxidation sites excluding steroid dienone is 1. The van der Waals surface area contributed by atoms with Gasteiger partial charge in [-0.05, 0) is 104 Å². The Morgan fingerprint density at radius 3 is 2.11 bits per heavy atom. The van der Waals surface area contributed by atoms with Crippen LogP contribution in [0.25, 0.3) is 0 Å². The van der Waals surface area contributed by atoms with E-state index in [4.69, 9.17) is 0 Å². The van der Waals surface area contributed by atoms with E-state index in [1.165, 1.54) is 19.8 Å². The third-order valence-corrected chi connectivity index (χ3v) is 13.3. The van der Waals surface area contributed by atoms with Gasteiger partial charge in [-0.25, -0.2) is 0 Å². The number of hydrogen-bond donors (Lipinski definition) is 4. The highest BCUT2D eigenvalue weighted by Gasteiger charge is 2.73. The van der Waals surface area contributed by atoms with E-state index in [2.05, 4.69) is 40.7 Å². The van der Waals surface area contributed by atoms with Crippen LogP contribution in [0, 0.1) is 56.7 Å². The highest BCUT2D eigenvalue weighted by atomic mass is 16.4. The number of rotatable bonds is 3. The summed E-state index contributed by atoms with van der Waals surface area (Å²) in [5, 5.41) is 42.7. The van der Waals surface area contributed by atoms with E-state index in [-0.39, 0.29) is 23.2 Å². The van der Waals surface area contributed by atoms with Crippen molar-refractivity contribution in [3.8, 4) is 0 Å². The van der Waals surface area contributed by atoms with Crippen molar-refractivity contribution < 1.29 is 30.0 Å². The maximum Gasteiger partial charge on any atom is 0.314 e. The fourth-order valence-corrected chi connectivity index (χ4v) is 11.2. The second-order valence-electron chi connectivity index (χ2n) is 14.4. The molecule has 36 heavy (non-hydrogen) atoms. The molecule has 11 atom stereocenters. The van der Waals surface area contributed by atoms with Crippen LogP contribution in [0.5, 0.6) is 0 Å². The fraction of sp³-hybridized carbons (Fsp3) is 0.867. The van der Waals surface area contributed by atoms with E-state index in [0.29, 0.717) is 29.6 Å². The Kier molecular flexibility index (Phi) is 5.69. The van der Waals surface area contributed by atoms with Gasteiger partial charge in [0.25, 0.3) is 0 Å². The van der Waals surface area contributed by atoms with Crippen molar-refractivity contribution in [3.63, 3.8) is 0 Å². The van der Waals surface area contributed by atoms with Crippen LogP contribution in [0.2, 0.25) is 0 Å². The van der Waals surface area contributed by atoms with Gasteiger partial charge in [0.1, 0.15) is 0 Å². The standard InChI is InChI=1S/C30H46O6/c1-16(2)17-7-9-21-26(17,3)13-14-27(4)18-8-10-22-29(6,24(33)34)23(32)20(31)15-30(22,25(35)36)19(18)11-12-28(21,27)5/h11,16-18,20-23,31-32H,7-10,12-15H2,1-6H3,(H,33,34)(H,35,36)/t17-,18+,20-,21-,22+,23+,26-,27-,28+,29+,30+/m1/s1. The SMILES string of the molecule is CC(C)[C@H]1CC[C@@H]2[C@]1(C)CC[C@]1(C)[C@H]3CC[C@@H]4[C@](C(=O)O)(C[C@@H](O)[C@H](O)[C@@]4(C)C(=O)O)C3=CC[C@@]21C. The fourth-order valence-electron chi connectivity index (χ4n) is 11.2. The van der Waals surface area contributed by atoms with Gasteiger partial charge < -0.3 is 20.4 Å². The minimum Gasteiger partial charge on any atom is -0.481 e. The molecule has 0 heterocycles. The number of carboxylic acid groups (broad SMARTS) is 2. The van der Waals surface area contributed by atoms with Crippen molar-refractivity contribution in [1.29, 1.82) is 0 Å². The van der Waals surface area contributed by atoms with Crippen molar-refractivity contribution in [2.45, 2.75) is 105 Å². The molecule has 5 aliphatic rings. The van der Waals surface area contributed by atoms with Gasteiger partial charge in [0.15, 0.2) is 0 Å². The molecule has 0 aromatic heterocycles. The number of aliphatic hydroxyl groups excluding tert-OH is 2. The molecule has 0 spiro atoms. The average molecular weight is 503 g/mol. The molecule has 4 saturated carbocycles. The number of carboxylic acids is 2. The Morgan fingerprint density at radius 1 is 0.889 bits per heavy atom. The molecule has 5 rings (SSSR count). The van der Waals surface area contributed by atoms with Crippen LogP contribution in [-0.4, -0.2) is 44.6 Å². The number of fused-ring (bicyclic) bond motifs is 7. The monoisotopic (exact) mass is 502 g/mol. The van der Waals surface area contributed by atoms with Crippen LogP contribution in [0.15, 0.2) is 11.6 Å².